The molecule has 3 aliphatic heterocycles. The summed E-state index contributed by atoms with van der Waals surface area (Å²) in [4.78, 5) is 50.1. The van der Waals surface area contributed by atoms with Crippen LogP contribution in [0.3, 0.4) is 0 Å². The molecule has 3 heterocycles. The van der Waals surface area contributed by atoms with Gasteiger partial charge in [0.2, 0.25) is 11.8 Å². The molecule has 0 radical (unpaired) electrons. The second kappa shape index (κ2) is 13.8. The van der Waals surface area contributed by atoms with Gasteiger partial charge in [-0.15, -0.1) is 13.2 Å². The molecule has 3 aliphatic rings. The summed E-state index contributed by atoms with van der Waals surface area (Å²) in [7, 11) is 0. The first-order chi connectivity index (χ1) is 22.5. The molecule has 0 aliphatic carbocycles. The quantitative estimate of drug-likeness (QED) is 0.272. The third kappa shape index (κ3) is 5.63. The van der Waals surface area contributed by atoms with Crippen LogP contribution in [-0.2, 0) is 25.7 Å². The third-order valence-electron chi connectivity index (χ3n) is 11.1. The lowest BCUT2D eigenvalue weighted by Gasteiger charge is -2.41. The normalized spacial score (nSPS) is 27.3. The first-order valence-electron chi connectivity index (χ1n) is 17.1. The van der Waals surface area contributed by atoms with Gasteiger partial charge in [0, 0.05) is 25.3 Å². The zero-order valence-corrected chi connectivity index (χ0v) is 28.7. The van der Waals surface area contributed by atoms with Crippen LogP contribution in [0.2, 0.25) is 0 Å². The number of hydrogen-bond acceptors (Lipinski definition) is 5. The highest BCUT2D eigenvalue weighted by atomic mass is 16.5. The van der Waals surface area contributed by atoms with Crippen molar-refractivity contribution in [3.8, 4) is 0 Å². The van der Waals surface area contributed by atoms with Crippen LogP contribution >= 0.6 is 0 Å². The van der Waals surface area contributed by atoms with Crippen LogP contribution in [0.5, 0.6) is 0 Å². The Labute approximate surface area is 280 Å². The van der Waals surface area contributed by atoms with Gasteiger partial charge in [-0.1, -0.05) is 87.9 Å². The highest BCUT2D eigenvalue weighted by molar-refractivity contribution is 6.06. The Morgan fingerprint density at radius 1 is 1.02 bits per heavy atom. The lowest BCUT2D eigenvalue weighted by Crippen LogP contribution is -2.60. The van der Waals surface area contributed by atoms with Crippen LogP contribution in [0.15, 0.2) is 73.8 Å². The fourth-order valence-electron chi connectivity index (χ4n) is 8.67. The molecule has 2 unspecified atom stereocenters. The van der Waals surface area contributed by atoms with Crippen LogP contribution in [0.25, 0.3) is 0 Å². The summed E-state index contributed by atoms with van der Waals surface area (Å²) in [5.41, 5.74) is 1.52. The van der Waals surface area contributed by atoms with Gasteiger partial charge in [0.1, 0.15) is 11.6 Å². The summed E-state index contributed by atoms with van der Waals surface area (Å²) in [5, 5.41) is 10.8. The van der Waals surface area contributed by atoms with E-state index in [1.807, 2.05) is 83.1 Å². The van der Waals surface area contributed by atoms with E-state index in [0.717, 1.165) is 22.4 Å². The lowest BCUT2D eigenvalue weighted by atomic mass is 9.64. The molecule has 7 atom stereocenters. The standard InChI is InChI=1S/C39H51N3O5/c1-8-22-40(24-29-18-13-12-14-19-29)35(44)31-32-36(45)42(30(25-43)26(5)10-3)34(39(32)21-20-38(31,11-4)47-39)37(46)41(23-9-2)33-27(6)16-15-17-28(33)7/h8-9,12-19,26,30-32,34,43H,1-2,10-11,20-25H2,3-7H3/t26-,30-,31-,32-,34?,38+,39?/m0/s1. The molecule has 0 saturated carbocycles. The van der Waals surface area contributed by atoms with Crippen molar-refractivity contribution in [2.45, 2.75) is 90.1 Å². The molecule has 5 rings (SSSR count). The van der Waals surface area contributed by atoms with Gasteiger partial charge in [-0.3, -0.25) is 14.4 Å². The van der Waals surface area contributed by atoms with E-state index in [9.17, 15) is 9.90 Å². The molecule has 1 N–H and O–H groups in total. The van der Waals surface area contributed by atoms with Gasteiger partial charge in [0.25, 0.3) is 5.91 Å². The van der Waals surface area contributed by atoms with E-state index < -0.39 is 35.1 Å². The van der Waals surface area contributed by atoms with E-state index in [1.165, 1.54) is 0 Å². The summed E-state index contributed by atoms with van der Waals surface area (Å²) in [5.74, 6) is -2.44. The van der Waals surface area contributed by atoms with Crippen LogP contribution in [0.4, 0.5) is 5.69 Å². The van der Waals surface area contributed by atoms with Gasteiger partial charge >= 0.3 is 0 Å². The van der Waals surface area contributed by atoms with Crippen LogP contribution < -0.4 is 4.90 Å². The van der Waals surface area contributed by atoms with Gasteiger partial charge in [-0.25, -0.2) is 0 Å². The number of aryl methyl sites for hydroxylation is 2. The number of para-hydroxylation sites is 1. The zero-order chi connectivity index (χ0) is 34.1. The Kier molecular flexibility index (Phi) is 10.1. The van der Waals surface area contributed by atoms with Crippen molar-refractivity contribution < 1.29 is 24.2 Å². The molecule has 2 aromatic carbocycles. The Morgan fingerprint density at radius 3 is 2.26 bits per heavy atom. The third-order valence-corrected chi connectivity index (χ3v) is 11.1. The maximum Gasteiger partial charge on any atom is 0.253 e. The number of carbonyl (C=O) groups excluding carboxylic acids is 3. The minimum Gasteiger partial charge on any atom is -0.394 e. The first kappa shape index (κ1) is 34.6. The Morgan fingerprint density at radius 2 is 1.68 bits per heavy atom. The summed E-state index contributed by atoms with van der Waals surface area (Å²) in [6.45, 7) is 18.5. The van der Waals surface area contributed by atoms with Gasteiger partial charge < -0.3 is 24.5 Å². The highest BCUT2D eigenvalue weighted by Gasteiger charge is 2.79. The number of likely N-dealkylation sites (tertiary alicyclic amines) is 1. The SMILES string of the molecule is C=CCN(Cc1ccccc1)C(=O)[C@@H]1[C@H]2C(=O)N([C@@H](CO)[C@@H](C)CC)C(C(=O)N(CC=C)c3c(C)cccc3C)C23CC[C@@]1(CC)O3. The van der Waals surface area contributed by atoms with Crippen LogP contribution in [0, 0.1) is 31.6 Å². The predicted molar refractivity (Wildman–Crippen MR) is 185 cm³/mol. The van der Waals surface area contributed by atoms with Crippen LogP contribution in [-0.4, -0.2) is 75.6 Å². The summed E-state index contributed by atoms with van der Waals surface area (Å²) in [6, 6.07) is 14.1. The highest BCUT2D eigenvalue weighted by Crippen LogP contribution is 2.65. The molecule has 0 aromatic heterocycles. The molecule has 3 amide bonds. The molecule has 252 valence electrons. The van der Waals surface area contributed by atoms with E-state index in [2.05, 4.69) is 13.2 Å². The number of benzene rings is 2. The lowest BCUT2D eigenvalue weighted by molar-refractivity contribution is -0.154. The van der Waals surface area contributed by atoms with Crippen molar-refractivity contribution in [1.82, 2.24) is 9.80 Å². The zero-order valence-electron chi connectivity index (χ0n) is 28.7. The summed E-state index contributed by atoms with van der Waals surface area (Å²) >= 11 is 0. The summed E-state index contributed by atoms with van der Waals surface area (Å²) < 4.78 is 7.11. The molecule has 8 heteroatoms. The van der Waals surface area contributed by atoms with Crippen molar-refractivity contribution in [1.29, 1.82) is 0 Å². The molecule has 2 bridgehead atoms. The Balaban J connectivity index is 1.66. The number of carbonyl (C=O) groups is 3. The molecule has 47 heavy (non-hydrogen) atoms. The molecule has 3 fully saturated rings. The van der Waals surface area contributed by atoms with Gasteiger partial charge in [-0.2, -0.15) is 0 Å². The van der Waals surface area contributed by atoms with Gasteiger partial charge in [0.05, 0.1) is 30.1 Å². The second-order valence-corrected chi connectivity index (χ2v) is 13.7. The average molecular weight is 642 g/mol. The maximum atomic E-state index is 15.2. The minimum atomic E-state index is -1.21. The summed E-state index contributed by atoms with van der Waals surface area (Å²) in [6.07, 6.45) is 5.68. The van der Waals surface area contributed by atoms with Crippen molar-refractivity contribution in [2.75, 3.05) is 24.6 Å². The number of fused-ring (bicyclic) bond motifs is 1. The first-order valence-corrected chi connectivity index (χ1v) is 17.1. The largest absolute Gasteiger partial charge is 0.394 e. The van der Waals surface area contributed by atoms with E-state index >= 15 is 9.59 Å². The average Bonchev–Trinajstić information content (AvgIpc) is 3.68. The topological polar surface area (TPSA) is 90.4 Å². The fraction of sp³-hybridized carbons (Fsp3) is 0.513. The number of aliphatic hydroxyl groups excluding tert-OH is 1. The predicted octanol–water partition coefficient (Wildman–Crippen LogP) is 5.60. The second-order valence-electron chi connectivity index (χ2n) is 13.7. The molecule has 8 nitrogen and oxygen atoms in total. The number of amides is 3. The molecule has 3 saturated heterocycles. The number of rotatable bonds is 14. The smallest absolute Gasteiger partial charge is 0.253 e. The number of anilines is 1. The maximum absolute atomic E-state index is 15.2. The van der Waals surface area contributed by atoms with Crippen LogP contribution in [0.1, 0.15) is 63.1 Å². The van der Waals surface area contributed by atoms with E-state index in [4.69, 9.17) is 4.74 Å². The van der Waals surface area contributed by atoms with Crippen molar-refractivity contribution in [3.05, 3.63) is 90.5 Å². The van der Waals surface area contributed by atoms with Crippen molar-refractivity contribution in [2.24, 2.45) is 17.8 Å². The van der Waals surface area contributed by atoms with Crippen molar-refractivity contribution in [3.63, 3.8) is 0 Å². The number of nitrogens with zero attached hydrogens (tertiary/aromatic N) is 3. The van der Waals surface area contributed by atoms with Crippen molar-refractivity contribution >= 4 is 23.4 Å². The molecule has 2 aromatic rings. The Bertz CT molecular complexity index is 1490. The molecular formula is C39H51N3O5. The van der Waals surface area contributed by atoms with Gasteiger partial charge in [-0.05, 0) is 55.7 Å². The number of hydrogen-bond donors (Lipinski definition) is 1. The van der Waals surface area contributed by atoms with E-state index in [0.29, 0.717) is 38.8 Å². The number of aliphatic hydroxyl groups is 1. The van der Waals surface area contributed by atoms with E-state index in [-0.39, 0.29) is 36.8 Å². The molecular weight excluding hydrogens is 590 g/mol. The minimum absolute atomic E-state index is 0.0932. The van der Waals surface area contributed by atoms with E-state index in [1.54, 1.807) is 26.9 Å². The number of ether oxygens (including phenoxy) is 1. The van der Waals surface area contributed by atoms with Gasteiger partial charge in [0.15, 0.2) is 0 Å². The molecule has 1 spiro atoms. The Hall–Kier alpha value is -3.75. The fourth-order valence-corrected chi connectivity index (χ4v) is 8.67. The monoisotopic (exact) mass is 641 g/mol.